The van der Waals surface area contributed by atoms with Gasteiger partial charge in [-0.05, 0) is 52.8 Å². The van der Waals surface area contributed by atoms with Crippen LogP contribution in [0.1, 0.15) is 38.8 Å². The molecule has 3 aromatic carbocycles. The van der Waals surface area contributed by atoms with E-state index in [4.69, 9.17) is 0 Å². The summed E-state index contributed by atoms with van der Waals surface area (Å²) in [7, 11) is 0. The van der Waals surface area contributed by atoms with Crippen molar-refractivity contribution in [2.75, 3.05) is 0 Å². The molecule has 0 atom stereocenters. The SMILES string of the molecule is C=C(S/C(=C(\C)c1ccccc1)c1ccccc1)N(Cc1cccc(C(=O)O)c1)Cc1cccs1. The van der Waals surface area contributed by atoms with Gasteiger partial charge in [-0.1, -0.05) is 97.2 Å². The molecule has 4 rings (SSSR count). The van der Waals surface area contributed by atoms with E-state index in [2.05, 4.69) is 78.4 Å². The molecule has 0 spiro atoms. The molecule has 5 heteroatoms. The molecule has 3 nitrogen and oxygen atoms in total. The van der Waals surface area contributed by atoms with Gasteiger partial charge >= 0.3 is 5.97 Å². The van der Waals surface area contributed by atoms with Crippen molar-refractivity contribution < 1.29 is 9.90 Å². The predicted molar refractivity (Wildman–Crippen MR) is 149 cm³/mol. The van der Waals surface area contributed by atoms with Crippen LogP contribution in [0.25, 0.3) is 10.5 Å². The van der Waals surface area contributed by atoms with E-state index < -0.39 is 5.97 Å². The molecular formula is C30H27NO2S2. The minimum absolute atomic E-state index is 0.293. The third kappa shape index (κ3) is 6.53. The van der Waals surface area contributed by atoms with Crippen molar-refractivity contribution in [3.05, 3.63) is 141 Å². The Labute approximate surface area is 215 Å². The van der Waals surface area contributed by atoms with Gasteiger partial charge in [-0.2, -0.15) is 0 Å². The lowest BCUT2D eigenvalue weighted by Crippen LogP contribution is -2.20. The highest BCUT2D eigenvalue weighted by molar-refractivity contribution is 8.11. The van der Waals surface area contributed by atoms with E-state index in [1.54, 1.807) is 41.3 Å². The lowest BCUT2D eigenvalue weighted by molar-refractivity contribution is 0.0696. The number of carboxylic acid groups (broad SMARTS) is 1. The number of benzene rings is 3. The van der Waals surface area contributed by atoms with Crippen molar-refractivity contribution in [3.8, 4) is 0 Å². The molecule has 0 fully saturated rings. The van der Waals surface area contributed by atoms with Gasteiger partial charge in [0, 0.05) is 16.3 Å². The average molecular weight is 498 g/mol. The van der Waals surface area contributed by atoms with Crippen molar-refractivity contribution in [2.45, 2.75) is 20.0 Å². The van der Waals surface area contributed by atoms with E-state index in [0.717, 1.165) is 21.1 Å². The molecule has 0 unspecified atom stereocenters. The third-order valence-electron chi connectivity index (χ3n) is 5.63. The fourth-order valence-electron chi connectivity index (χ4n) is 3.79. The van der Waals surface area contributed by atoms with Crippen molar-refractivity contribution in [1.82, 2.24) is 4.90 Å². The molecule has 1 heterocycles. The van der Waals surface area contributed by atoms with Gasteiger partial charge < -0.3 is 10.0 Å². The largest absolute Gasteiger partial charge is 0.478 e. The maximum absolute atomic E-state index is 11.5. The van der Waals surface area contributed by atoms with Crippen LogP contribution in [0.5, 0.6) is 0 Å². The van der Waals surface area contributed by atoms with Gasteiger partial charge in [-0.15, -0.1) is 11.3 Å². The van der Waals surface area contributed by atoms with Gasteiger partial charge in [0.1, 0.15) is 0 Å². The molecule has 0 bridgehead atoms. The molecule has 1 aromatic heterocycles. The molecule has 0 aliphatic heterocycles. The molecule has 4 aromatic rings. The summed E-state index contributed by atoms with van der Waals surface area (Å²) in [5, 5.41) is 12.4. The Hall–Kier alpha value is -3.54. The lowest BCUT2D eigenvalue weighted by Gasteiger charge is -2.27. The summed E-state index contributed by atoms with van der Waals surface area (Å²) in [4.78, 5) is 16.1. The van der Waals surface area contributed by atoms with Gasteiger partial charge in [-0.25, -0.2) is 4.79 Å². The minimum Gasteiger partial charge on any atom is -0.478 e. The highest BCUT2D eigenvalue weighted by Crippen LogP contribution is 2.41. The zero-order valence-corrected chi connectivity index (χ0v) is 21.2. The van der Waals surface area contributed by atoms with Gasteiger partial charge in [0.15, 0.2) is 0 Å². The van der Waals surface area contributed by atoms with E-state index in [-0.39, 0.29) is 0 Å². The fourth-order valence-corrected chi connectivity index (χ4v) is 5.53. The van der Waals surface area contributed by atoms with E-state index in [1.165, 1.54) is 16.0 Å². The first-order valence-corrected chi connectivity index (χ1v) is 13.0. The zero-order valence-electron chi connectivity index (χ0n) is 19.6. The normalized spacial score (nSPS) is 11.6. The highest BCUT2D eigenvalue weighted by atomic mass is 32.2. The van der Waals surface area contributed by atoms with Gasteiger partial charge in [0.2, 0.25) is 0 Å². The monoisotopic (exact) mass is 497 g/mol. The van der Waals surface area contributed by atoms with Crippen molar-refractivity contribution >= 4 is 39.5 Å². The summed E-state index contributed by atoms with van der Waals surface area (Å²) >= 11 is 3.37. The molecule has 176 valence electrons. The maximum atomic E-state index is 11.5. The molecule has 0 aliphatic rings. The number of carboxylic acids is 1. The second-order valence-electron chi connectivity index (χ2n) is 8.12. The first kappa shape index (κ1) is 24.6. The summed E-state index contributed by atoms with van der Waals surface area (Å²) in [6.45, 7) is 7.89. The van der Waals surface area contributed by atoms with Crippen molar-refractivity contribution in [3.63, 3.8) is 0 Å². The lowest BCUT2D eigenvalue weighted by atomic mass is 10.0. The van der Waals surface area contributed by atoms with Crippen molar-refractivity contribution in [2.24, 2.45) is 0 Å². The average Bonchev–Trinajstić information content (AvgIpc) is 3.41. The number of thioether (sulfide) groups is 1. The second-order valence-corrected chi connectivity index (χ2v) is 10.2. The third-order valence-corrected chi connectivity index (χ3v) is 7.73. The summed E-state index contributed by atoms with van der Waals surface area (Å²) in [5.41, 5.74) is 4.73. The summed E-state index contributed by atoms with van der Waals surface area (Å²) < 4.78 is 0. The molecule has 0 amide bonds. The highest BCUT2D eigenvalue weighted by Gasteiger charge is 2.17. The van der Waals surface area contributed by atoms with Gasteiger partial charge in [-0.3, -0.25) is 0 Å². The number of hydrogen-bond acceptors (Lipinski definition) is 4. The number of nitrogens with zero attached hydrogens (tertiary/aromatic N) is 1. The number of allylic oxidation sites excluding steroid dienone is 1. The Kier molecular flexibility index (Phi) is 8.24. The summed E-state index contributed by atoms with van der Waals surface area (Å²) in [6, 6.07) is 32.1. The van der Waals surface area contributed by atoms with Crippen LogP contribution in [0.4, 0.5) is 0 Å². The van der Waals surface area contributed by atoms with Crippen LogP contribution in [-0.2, 0) is 13.1 Å². The molecule has 35 heavy (non-hydrogen) atoms. The summed E-state index contributed by atoms with van der Waals surface area (Å²) in [6.07, 6.45) is 0. The molecule has 1 N–H and O–H groups in total. The summed E-state index contributed by atoms with van der Waals surface area (Å²) in [5.74, 6) is -0.919. The molecule has 0 saturated heterocycles. The predicted octanol–water partition coefficient (Wildman–Crippen LogP) is 8.24. The van der Waals surface area contributed by atoms with E-state index >= 15 is 0 Å². The van der Waals surface area contributed by atoms with Gasteiger partial charge in [0.25, 0.3) is 0 Å². The quantitative estimate of drug-likeness (QED) is 0.224. The van der Waals surface area contributed by atoms with Crippen LogP contribution in [-0.4, -0.2) is 16.0 Å². The Balaban J connectivity index is 1.67. The minimum atomic E-state index is -0.919. The second kappa shape index (κ2) is 11.7. The topological polar surface area (TPSA) is 40.5 Å². The van der Waals surface area contributed by atoms with E-state index in [9.17, 15) is 9.90 Å². The molecular weight excluding hydrogens is 470 g/mol. The van der Waals surface area contributed by atoms with Crippen LogP contribution in [0, 0.1) is 0 Å². The Morgan fingerprint density at radius 3 is 2.14 bits per heavy atom. The van der Waals surface area contributed by atoms with Crippen LogP contribution in [0.2, 0.25) is 0 Å². The van der Waals surface area contributed by atoms with Crippen LogP contribution in [0.15, 0.2) is 114 Å². The first-order valence-electron chi connectivity index (χ1n) is 11.3. The number of carbonyl (C=O) groups is 1. The van der Waals surface area contributed by atoms with Gasteiger partial charge in [0.05, 0.1) is 17.1 Å². The molecule has 0 saturated carbocycles. The van der Waals surface area contributed by atoms with E-state index in [0.29, 0.717) is 18.7 Å². The maximum Gasteiger partial charge on any atom is 0.335 e. The smallest absolute Gasteiger partial charge is 0.335 e. The Morgan fingerprint density at radius 2 is 1.51 bits per heavy atom. The van der Waals surface area contributed by atoms with E-state index in [1.807, 2.05) is 24.3 Å². The number of hydrogen-bond donors (Lipinski definition) is 1. The Bertz CT molecular complexity index is 1310. The fraction of sp³-hybridized carbons (Fsp3) is 0.100. The van der Waals surface area contributed by atoms with Crippen LogP contribution < -0.4 is 0 Å². The zero-order chi connectivity index (χ0) is 24.6. The molecule has 0 aliphatic carbocycles. The number of thiophene rings is 1. The number of rotatable bonds is 10. The standard InChI is InChI=1S/C30H27NO2S2/c1-22(25-12-5-3-6-13-25)29(26-14-7-4-8-15-26)35-23(2)31(21-28-17-10-18-34-28)20-24-11-9-16-27(19-24)30(32)33/h3-19H,2,20-21H2,1H3,(H,32,33)/b29-22+. The number of aromatic carboxylic acids is 1. The first-order chi connectivity index (χ1) is 17.0. The van der Waals surface area contributed by atoms with Crippen LogP contribution >= 0.6 is 23.1 Å². The van der Waals surface area contributed by atoms with Crippen molar-refractivity contribution in [1.29, 1.82) is 0 Å². The molecule has 0 radical (unpaired) electrons. The van der Waals surface area contributed by atoms with Crippen LogP contribution in [0.3, 0.4) is 0 Å². The Morgan fingerprint density at radius 1 is 0.857 bits per heavy atom.